The summed E-state index contributed by atoms with van der Waals surface area (Å²) in [6.45, 7) is 4.16. The molecule has 0 aliphatic carbocycles. The van der Waals surface area contributed by atoms with Crippen LogP contribution >= 0.6 is 11.3 Å². The highest BCUT2D eigenvalue weighted by molar-refractivity contribution is 7.15. The van der Waals surface area contributed by atoms with Crippen molar-refractivity contribution < 1.29 is 4.79 Å². The predicted molar refractivity (Wildman–Crippen MR) is 109 cm³/mol. The van der Waals surface area contributed by atoms with Crippen molar-refractivity contribution in [3.63, 3.8) is 0 Å². The maximum atomic E-state index is 12.5. The summed E-state index contributed by atoms with van der Waals surface area (Å²) in [6, 6.07) is 14.2. The minimum Gasteiger partial charge on any atom is -0.298 e. The van der Waals surface area contributed by atoms with Crippen LogP contribution in [-0.4, -0.2) is 25.9 Å². The van der Waals surface area contributed by atoms with E-state index in [1.165, 1.54) is 16.0 Å². The number of carbonyl (C=O) groups excluding carboxylic acids is 1. The van der Waals surface area contributed by atoms with E-state index in [4.69, 9.17) is 0 Å². The Morgan fingerprint density at radius 1 is 1.11 bits per heavy atom. The fourth-order valence-electron chi connectivity index (χ4n) is 2.76. The number of aryl methyl sites for hydroxylation is 2. The van der Waals surface area contributed by atoms with Crippen molar-refractivity contribution in [1.82, 2.24) is 20.0 Å². The first-order valence-electron chi connectivity index (χ1n) is 8.68. The van der Waals surface area contributed by atoms with Gasteiger partial charge in [0.1, 0.15) is 5.52 Å². The van der Waals surface area contributed by atoms with Gasteiger partial charge in [-0.25, -0.2) is 9.67 Å². The van der Waals surface area contributed by atoms with Crippen molar-refractivity contribution in [2.24, 2.45) is 0 Å². The average molecular weight is 391 g/mol. The molecule has 0 fully saturated rings. The van der Waals surface area contributed by atoms with Gasteiger partial charge in [-0.1, -0.05) is 29.5 Å². The Balaban J connectivity index is 1.51. The third-order valence-electron chi connectivity index (χ3n) is 4.43. The van der Waals surface area contributed by atoms with E-state index in [9.17, 15) is 9.59 Å². The summed E-state index contributed by atoms with van der Waals surface area (Å²) in [5.74, 6) is -0.219. The molecule has 2 heterocycles. The Bertz CT molecular complexity index is 1210. The molecule has 0 unspecified atom stereocenters. The van der Waals surface area contributed by atoms with Gasteiger partial charge in [0, 0.05) is 10.4 Å². The standard InChI is InChI=1S/C20H17N5O2S/c1-12-13(2)28-20(21-12)22-18(26)15-9-7-14(8-10-15)11-25-19(27)16-5-3-4-6-17(16)23-24-25/h3-10H,11H2,1-2H3,(H,21,22,26). The minimum atomic E-state index is -0.219. The number of hydrogen-bond acceptors (Lipinski definition) is 6. The number of thiazole rings is 1. The molecule has 140 valence electrons. The van der Waals surface area contributed by atoms with Crippen molar-refractivity contribution in [2.45, 2.75) is 20.4 Å². The van der Waals surface area contributed by atoms with Crippen LogP contribution in [0.1, 0.15) is 26.5 Å². The molecule has 0 saturated heterocycles. The minimum absolute atomic E-state index is 0.193. The summed E-state index contributed by atoms with van der Waals surface area (Å²) < 4.78 is 1.32. The van der Waals surface area contributed by atoms with Crippen molar-refractivity contribution in [1.29, 1.82) is 0 Å². The molecular formula is C20H17N5O2S. The molecule has 1 amide bonds. The molecule has 2 aromatic carbocycles. The lowest BCUT2D eigenvalue weighted by atomic mass is 10.1. The lowest BCUT2D eigenvalue weighted by Gasteiger charge is -2.06. The van der Waals surface area contributed by atoms with E-state index in [2.05, 4.69) is 20.6 Å². The van der Waals surface area contributed by atoms with E-state index in [0.29, 0.717) is 21.6 Å². The Labute approximate surface area is 164 Å². The molecule has 0 saturated carbocycles. The van der Waals surface area contributed by atoms with E-state index in [0.717, 1.165) is 16.1 Å². The first-order chi connectivity index (χ1) is 13.5. The molecule has 4 rings (SSSR count). The molecule has 2 aromatic heterocycles. The number of hydrogen-bond donors (Lipinski definition) is 1. The molecule has 28 heavy (non-hydrogen) atoms. The van der Waals surface area contributed by atoms with Gasteiger partial charge in [0.15, 0.2) is 5.13 Å². The molecule has 0 radical (unpaired) electrons. The normalized spacial score (nSPS) is 10.9. The smallest absolute Gasteiger partial charge is 0.277 e. The Hall–Kier alpha value is -3.39. The molecule has 7 nitrogen and oxygen atoms in total. The number of rotatable bonds is 4. The second kappa shape index (κ2) is 7.32. The van der Waals surface area contributed by atoms with Crippen LogP contribution in [-0.2, 0) is 6.54 Å². The Kier molecular flexibility index (Phi) is 4.70. The lowest BCUT2D eigenvalue weighted by Crippen LogP contribution is -2.24. The number of nitrogens with one attached hydrogen (secondary N) is 1. The average Bonchev–Trinajstić information content (AvgIpc) is 3.01. The van der Waals surface area contributed by atoms with E-state index in [1.807, 2.05) is 19.9 Å². The largest absolute Gasteiger partial charge is 0.298 e. The van der Waals surface area contributed by atoms with Crippen LogP contribution in [0.4, 0.5) is 5.13 Å². The van der Waals surface area contributed by atoms with Gasteiger partial charge < -0.3 is 0 Å². The third-order valence-corrected chi connectivity index (χ3v) is 5.42. The van der Waals surface area contributed by atoms with Crippen molar-refractivity contribution in [3.05, 3.63) is 80.6 Å². The molecule has 0 spiro atoms. The summed E-state index contributed by atoms with van der Waals surface area (Å²) >= 11 is 1.45. The van der Waals surface area contributed by atoms with Gasteiger partial charge >= 0.3 is 0 Å². The second-order valence-corrected chi connectivity index (χ2v) is 7.58. The summed E-state index contributed by atoms with van der Waals surface area (Å²) in [4.78, 5) is 30.3. The number of benzene rings is 2. The van der Waals surface area contributed by atoms with Crippen LogP contribution in [0.25, 0.3) is 10.9 Å². The van der Waals surface area contributed by atoms with Crippen LogP contribution in [0.3, 0.4) is 0 Å². The van der Waals surface area contributed by atoms with Crippen molar-refractivity contribution in [2.75, 3.05) is 5.32 Å². The van der Waals surface area contributed by atoms with Crippen LogP contribution in [0.5, 0.6) is 0 Å². The number of aromatic nitrogens is 4. The molecule has 0 aliphatic rings. The first-order valence-corrected chi connectivity index (χ1v) is 9.50. The number of amides is 1. The number of anilines is 1. The van der Waals surface area contributed by atoms with E-state index >= 15 is 0 Å². The summed E-state index contributed by atoms with van der Waals surface area (Å²) in [5, 5.41) is 12.0. The SMILES string of the molecule is Cc1nc(NC(=O)c2ccc(Cn3nnc4ccccc4c3=O)cc2)sc1C. The maximum Gasteiger partial charge on any atom is 0.277 e. The van der Waals surface area contributed by atoms with Gasteiger partial charge in [0.05, 0.1) is 17.6 Å². The Morgan fingerprint density at radius 2 is 1.86 bits per heavy atom. The van der Waals surface area contributed by atoms with Crippen LogP contribution in [0.15, 0.2) is 53.3 Å². The molecule has 0 bridgehead atoms. The zero-order valence-corrected chi connectivity index (χ0v) is 16.2. The number of fused-ring (bicyclic) bond motifs is 1. The zero-order valence-electron chi connectivity index (χ0n) is 15.3. The quantitative estimate of drug-likeness (QED) is 0.577. The highest BCUT2D eigenvalue weighted by atomic mass is 32.1. The van der Waals surface area contributed by atoms with Crippen LogP contribution < -0.4 is 10.9 Å². The van der Waals surface area contributed by atoms with Gasteiger partial charge in [-0.15, -0.1) is 16.4 Å². The lowest BCUT2D eigenvalue weighted by molar-refractivity contribution is 0.102. The fraction of sp³-hybridized carbons (Fsp3) is 0.150. The van der Waals surface area contributed by atoms with Crippen LogP contribution in [0, 0.1) is 13.8 Å². The van der Waals surface area contributed by atoms with Gasteiger partial charge in [0.25, 0.3) is 11.5 Å². The van der Waals surface area contributed by atoms with Gasteiger partial charge in [0.2, 0.25) is 0 Å². The maximum absolute atomic E-state index is 12.5. The third kappa shape index (κ3) is 3.54. The van der Waals surface area contributed by atoms with Gasteiger partial charge in [-0.2, -0.15) is 0 Å². The predicted octanol–water partition coefficient (Wildman–Crippen LogP) is 3.17. The van der Waals surface area contributed by atoms with E-state index in [1.54, 1.807) is 42.5 Å². The zero-order chi connectivity index (χ0) is 19.7. The second-order valence-electron chi connectivity index (χ2n) is 6.38. The molecule has 4 aromatic rings. The van der Waals surface area contributed by atoms with Crippen LogP contribution in [0.2, 0.25) is 0 Å². The van der Waals surface area contributed by atoms with Gasteiger partial charge in [-0.05, 0) is 43.7 Å². The monoisotopic (exact) mass is 391 g/mol. The highest BCUT2D eigenvalue weighted by Gasteiger charge is 2.11. The number of nitrogens with zero attached hydrogens (tertiary/aromatic N) is 4. The summed E-state index contributed by atoms with van der Waals surface area (Å²) in [7, 11) is 0. The van der Waals surface area contributed by atoms with E-state index < -0.39 is 0 Å². The topological polar surface area (TPSA) is 89.8 Å². The molecule has 1 N–H and O–H groups in total. The Morgan fingerprint density at radius 3 is 2.57 bits per heavy atom. The fourth-order valence-corrected chi connectivity index (χ4v) is 3.57. The number of carbonyl (C=O) groups is 1. The molecule has 0 aliphatic heterocycles. The molecular weight excluding hydrogens is 374 g/mol. The summed E-state index contributed by atoms with van der Waals surface area (Å²) in [6.07, 6.45) is 0. The van der Waals surface area contributed by atoms with Crippen molar-refractivity contribution in [3.8, 4) is 0 Å². The van der Waals surface area contributed by atoms with E-state index in [-0.39, 0.29) is 18.0 Å². The first kappa shape index (κ1) is 18.0. The molecule has 0 atom stereocenters. The summed E-state index contributed by atoms with van der Waals surface area (Å²) in [5.41, 5.74) is 2.67. The van der Waals surface area contributed by atoms with Crippen molar-refractivity contribution >= 4 is 33.3 Å². The van der Waals surface area contributed by atoms with Gasteiger partial charge in [-0.3, -0.25) is 14.9 Å². The highest BCUT2D eigenvalue weighted by Crippen LogP contribution is 2.21. The molecule has 8 heteroatoms.